The second-order valence-corrected chi connectivity index (χ2v) is 6.14. The van der Waals surface area contributed by atoms with Gasteiger partial charge in [0.2, 0.25) is 0 Å². The van der Waals surface area contributed by atoms with Gasteiger partial charge in [-0.15, -0.1) is 11.6 Å². The van der Waals surface area contributed by atoms with Crippen LogP contribution in [-0.2, 0) is 0 Å². The smallest absolute Gasteiger partial charge is 0.0838 e. The molecular formula is C18H20Cl2. The molecule has 0 spiro atoms. The minimum absolute atomic E-state index is 0.153. The Bertz CT molecular complexity index is 572. The van der Waals surface area contributed by atoms with Gasteiger partial charge in [0.25, 0.3) is 0 Å². The average Bonchev–Trinajstić information content (AvgIpc) is 2.48. The molecule has 0 fully saturated rings. The van der Waals surface area contributed by atoms with Crippen molar-refractivity contribution in [3.8, 4) is 0 Å². The molecule has 20 heavy (non-hydrogen) atoms. The molecule has 2 atom stereocenters. The molecule has 2 aromatic carbocycles. The first-order valence-electron chi connectivity index (χ1n) is 7.03. The second kappa shape index (κ2) is 6.65. The van der Waals surface area contributed by atoms with E-state index < -0.39 is 0 Å². The van der Waals surface area contributed by atoms with E-state index in [1.807, 2.05) is 25.1 Å². The molecule has 0 saturated carbocycles. The Labute approximate surface area is 131 Å². The van der Waals surface area contributed by atoms with Crippen LogP contribution >= 0.6 is 23.2 Å². The van der Waals surface area contributed by atoms with Crippen molar-refractivity contribution in [2.24, 2.45) is 0 Å². The fourth-order valence-corrected chi connectivity index (χ4v) is 2.87. The van der Waals surface area contributed by atoms with Gasteiger partial charge in [-0.25, -0.2) is 0 Å². The van der Waals surface area contributed by atoms with E-state index in [-0.39, 0.29) is 5.38 Å². The maximum atomic E-state index is 6.62. The summed E-state index contributed by atoms with van der Waals surface area (Å²) < 4.78 is 0. The van der Waals surface area contributed by atoms with E-state index in [0.29, 0.717) is 5.92 Å². The van der Waals surface area contributed by atoms with Crippen molar-refractivity contribution in [3.05, 3.63) is 69.7 Å². The molecule has 2 aromatic rings. The number of halogens is 2. The zero-order valence-corrected chi connectivity index (χ0v) is 13.7. The monoisotopic (exact) mass is 306 g/mol. The van der Waals surface area contributed by atoms with Crippen LogP contribution in [0.4, 0.5) is 0 Å². The average molecular weight is 307 g/mol. The summed E-state index contributed by atoms with van der Waals surface area (Å²) in [6.45, 7) is 6.47. The van der Waals surface area contributed by atoms with E-state index in [1.165, 1.54) is 5.56 Å². The summed E-state index contributed by atoms with van der Waals surface area (Å²) in [6, 6.07) is 14.5. The van der Waals surface area contributed by atoms with E-state index in [1.54, 1.807) is 0 Å². The van der Waals surface area contributed by atoms with Gasteiger partial charge in [-0.1, -0.05) is 61.8 Å². The van der Waals surface area contributed by atoms with Crippen molar-refractivity contribution in [1.82, 2.24) is 0 Å². The Morgan fingerprint density at radius 2 is 1.60 bits per heavy atom. The van der Waals surface area contributed by atoms with Crippen LogP contribution in [0.25, 0.3) is 0 Å². The molecule has 2 unspecified atom stereocenters. The zero-order valence-electron chi connectivity index (χ0n) is 12.2. The third-order valence-corrected chi connectivity index (χ3v) is 4.89. The van der Waals surface area contributed by atoms with Crippen molar-refractivity contribution in [2.75, 3.05) is 0 Å². The largest absolute Gasteiger partial charge is 0.113 e. The highest BCUT2D eigenvalue weighted by Crippen LogP contribution is 2.34. The molecule has 0 aliphatic rings. The zero-order chi connectivity index (χ0) is 14.7. The minimum atomic E-state index is -0.153. The van der Waals surface area contributed by atoms with Gasteiger partial charge in [-0.3, -0.25) is 0 Å². The Balaban J connectivity index is 2.29. The van der Waals surface area contributed by atoms with Gasteiger partial charge >= 0.3 is 0 Å². The van der Waals surface area contributed by atoms with Crippen LogP contribution in [0.1, 0.15) is 53.8 Å². The summed E-state index contributed by atoms with van der Waals surface area (Å²) >= 11 is 12.8. The topological polar surface area (TPSA) is 0 Å². The van der Waals surface area contributed by atoms with Crippen molar-refractivity contribution in [2.45, 2.75) is 38.5 Å². The lowest BCUT2D eigenvalue weighted by Crippen LogP contribution is -1.98. The molecule has 2 rings (SSSR count). The van der Waals surface area contributed by atoms with Gasteiger partial charge in [0.05, 0.1) is 5.38 Å². The van der Waals surface area contributed by atoms with Crippen molar-refractivity contribution in [3.63, 3.8) is 0 Å². The molecule has 106 valence electrons. The number of rotatable bonds is 4. The van der Waals surface area contributed by atoms with E-state index in [9.17, 15) is 0 Å². The van der Waals surface area contributed by atoms with E-state index in [2.05, 4.69) is 38.1 Å². The lowest BCUT2D eigenvalue weighted by Gasteiger charge is -2.16. The normalized spacial score (nSPS) is 14.1. The van der Waals surface area contributed by atoms with Crippen LogP contribution in [0.3, 0.4) is 0 Å². The Hall–Kier alpha value is -0.980. The summed E-state index contributed by atoms with van der Waals surface area (Å²) in [5.41, 5.74) is 4.61. The van der Waals surface area contributed by atoms with Gasteiger partial charge in [-0.2, -0.15) is 0 Å². The first-order chi connectivity index (χ1) is 9.54. The molecule has 0 aliphatic carbocycles. The predicted octanol–water partition coefficient (Wildman–Crippen LogP) is 6.49. The fourth-order valence-electron chi connectivity index (χ4n) is 2.31. The maximum absolute atomic E-state index is 6.62. The number of hydrogen-bond donors (Lipinski definition) is 0. The fraction of sp³-hybridized carbons (Fsp3) is 0.333. The van der Waals surface area contributed by atoms with Gasteiger partial charge in [-0.05, 0) is 47.6 Å². The standard InChI is InChI=1S/C18H20Cl2/c1-4-12(2)14-8-10-15(11-9-14)18(20)16-6-5-7-17(19)13(16)3/h5-12,18H,4H2,1-3H3. The SMILES string of the molecule is CCC(C)c1ccc(C(Cl)c2cccc(Cl)c2C)cc1. The summed E-state index contributed by atoms with van der Waals surface area (Å²) in [7, 11) is 0. The molecule has 0 aliphatic heterocycles. The highest BCUT2D eigenvalue weighted by atomic mass is 35.5. The maximum Gasteiger partial charge on any atom is 0.0838 e. The van der Waals surface area contributed by atoms with Crippen LogP contribution in [-0.4, -0.2) is 0 Å². The van der Waals surface area contributed by atoms with E-state index in [0.717, 1.165) is 28.1 Å². The second-order valence-electron chi connectivity index (χ2n) is 5.29. The summed E-state index contributed by atoms with van der Waals surface area (Å²) in [5, 5.41) is 0.615. The first kappa shape index (κ1) is 15.4. The molecule has 0 bridgehead atoms. The number of hydrogen-bond acceptors (Lipinski definition) is 0. The van der Waals surface area contributed by atoms with Crippen LogP contribution in [0.5, 0.6) is 0 Å². The summed E-state index contributed by atoms with van der Waals surface area (Å²) in [4.78, 5) is 0. The quantitative estimate of drug-likeness (QED) is 0.566. The van der Waals surface area contributed by atoms with E-state index >= 15 is 0 Å². The van der Waals surface area contributed by atoms with Crippen molar-refractivity contribution < 1.29 is 0 Å². The van der Waals surface area contributed by atoms with Crippen LogP contribution in [0, 0.1) is 6.92 Å². The number of benzene rings is 2. The summed E-state index contributed by atoms with van der Waals surface area (Å²) in [5.74, 6) is 0.589. The van der Waals surface area contributed by atoms with Gasteiger partial charge in [0.1, 0.15) is 0 Å². The first-order valence-corrected chi connectivity index (χ1v) is 7.85. The van der Waals surface area contributed by atoms with Crippen LogP contribution in [0.2, 0.25) is 5.02 Å². The molecule has 0 aromatic heterocycles. The Morgan fingerprint density at radius 3 is 2.20 bits per heavy atom. The molecule has 0 N–H and O–H groups in total. The lowest BCUT2D eigenvalue weighted by atomic mass is 9.95. The Morgan fingerprint density at radius 1 is 1.00 bits per heavy atom. The summed E-state index contributed by atoms with van der Waals surface area (Å²) in [6.07, 6.45) is 1.15. The van der Waals surface area contributed by atoms with Crippen molar-refractivity contribution >= 4 is 23.2 Å². The predicted molar refractivity (Wildman–Crippen MR) is 89.0 cm³/mol. The minimum Gasteiger partial charge on any atom is -0.113 e. The molecule has 0 saturated heterocycles. The van der Waals surface area contributed by atoms with Crippen molar-refractivity contribution in [1.29, 1.82) is 0 Å². The molecule has 0 heterocycles. The van der Waals surface area contributed by atoms with Crippen LogP contribution < -0.4 is 0 Å². The lowest BCUT2D eigenvalue weighted by molar-refractivity contribution is 0.733. The molecule has 0 radical (unpaired) electrons. The molecular weight excluding hydrogens is 287 g/mol. The Kier molecular flexibility index (Phi) is 5.12. The van der Waals surface area contributed by atoms with Gasteiger partial charge in [0, 0.05) is 5.02 Å². The highest BCUT2D eigenvalue weighted by molar-refractivity contribution is 6.31. The molecule has 0 nitrogen and oxygen atoms in total. The van der Waals surface area contributed by atoms with Gasteiger partial charge < -0.3 is 0 Å². The van der Waals surface area contributed by atoms with Crippen LogP contribution in [0.15, 0.2) is 42.5 Å². The number of alkyl halides is 1. The molecule has 2 heteroatoms. The van der Waals surface area contributed by atoms with Gasteiger partial charge in [0.15, 0.2) is 0 Å². The molecule has 0 amide bonds. The highest BCUT2D eigenvalue weighted by Gasteiger charge is 2.15. The van der Waals surface area contributed by atoms with E-state index in [4.69, 9.17) is 23.2 Å². The third kappa shape index (κ3) is 3.19. The third-order valence-electron chi connectivity index (χ3n) is 3.99.